The summed E-state index contributed by atoms with van der Waals surface area (Å²) in [4.78, 5) is 14.8. The van der Waals surface area contributed by atoms with Gasteiger partial charge in [0.05, 0.1) is 11.5 Å². The highest BCUT2D eigenvalue weighted by Gasteiger charge is 2.36. The maximum atomic E-state index is 13.3. The van der Waals surface area contributed by atoms with Gasteiger partial charge in [0.1, 0.15) is 0 Å². The van der Waals surface area contributed by atoms with Crippen molar-refractivity contribution in [1.82, 2.24) is 10.1 Å². The molecule has 1 aromatic heterocycles. The molecule has 0 aliphatic carbocycles. The van der Waals surface area contributed by atoms with E-state index >= 15 is 0 Å². The Morgan fingerprint density at radius 1 is 1.14 bits per heavy atom. The first-order chi connectivity index (χ1) is 13.9. The van der Waals surface area contributed by atoms with Gasteiger partial charge >= 0.3 is 0 Å². The van der Waals surface area contributed by atoms with Gasteiger partial charge in [0.2, 0.25) is 0 Å². The van der Waals surface area contributed by atoms with E-state index in [2.05, 4.69) is 5.16 Å². The molecule has 0 spiro atoms. The number of amides is 1. The van der Waals surface area contributed by atoms with Crippen molar-refractivity contribution in [1.29, 1.82) is 0 Å². The van der Waals surface area contributed by atoms with Gasteiger partial charge in [0.25, 0.3) is 5.91 Å². The molecular weight excluding hydrogens is 412 g/mol. The van der Waals surface area contributed by atoms with Crippen LogP contribution in [-0.4, -0.2) is 41.9 Å². The van der Waals surface area contributed by atoms with Crippen LogP contribution in [0.25, 0.3) is 11.3 Å². The summed E-state index contributed by atoms with van der Waals surface area (Å²) < 4.78 is 29.4. The van der Waals surface area contributed by atoms with E-state index in [0.29, 0.717) is 17.2 Å². The fraction of sp³-hybridized carbons (Fsp3) is 0.238. The number of aromatic nitrogens is 1. The van der Waals surface area contributed by atoms with Crippen molar-refractivity contribution >= 4 is 27.3 Å². The number of carbonyl (C=O) groups is 1. The second-order valence-electron chi connectivity index (χ2n) is 7.02. The molecule has 0 unspecified atom stereocenters. The Bertz CT molecular complexity index is 1130. The predicted molar refractivity (Wildman–Crippen MR) is 110 cm³/mol. The average molecular weight is 431 g/mol. The second-order valence-corrected chi connectivity index (χ2v) is 9.66. The number of carbonyl (C=O) groups excluding carboxylic acids is 1. The van der Waals surface area contributed by atoms with Crippen LogP contribution in [0.5, 0.6) is 0 Å². The monoisotopic (exact) mass is 430 g/mol. The van der Waals surface area contributed by atoms with Gasteiger partial charge in [-0.3, -0.25) is 4.79 Å². The maximum Gasteiger partial charge on any atom is 0.276 e. The molecule has 2 aromatic carbocycles. The third kappa shape index (κ3) is 4.36. The lowest BCUT2D eigenvalue weighted by molar-refractivity contribution is 0.0670. The van der Waals surface area contributed by atoms with Crippen LogP contribution in [0.1, 0.15) is 22.5 Å². The van der Waals surface area contributed by atoms with Gasteiger partial charge in [0, 0.05) is 29.2 Å². The minimum Gasteiger partial charge on any atom is -0.355 e. The summed E-state index contributed by atoms with van der Waals surface area (Å²) >= 11 is 6.28. The highest BCUT2D eigenvalue weighted by Crippen LogP contribution is 2.26. The normalized spacial score (nSPS) is 17.9. The average Bonchev–Trinajstić information content (AvgIpc) is 3.34. The molecule has 29 heavy (non-hydrogen) atoms. The molecule has 4 rings (SSSR count). The van der Waals surface area contributed by atoms with E-state index in [1.54, 1.807) is 17.0 Å². The van der Waals surface area contributed by atoms with Crippen molar-refractivity contribution in [2.45, 2.75) is 19.0 Å². The molecule has 1 amide bonds. The maximum absolute atomic E-state index is 13.3. The summed E-state index contributed by atoms with van der Waals surface area (Å²) in [6, 6.07) is 17.7. The Morgan fingerprint density at radius 2 is 1.86 bits per heavy atom. The Labute approximate surface area is 174 Å². The Morgan fingerprint density at radius 3 is 2.55 bits per heavy atom. The van der Waals surface area contributed by atoms with E-state index in [1.807, 2.05) is 48.5 Å². The topological polar surface area (TPSA) is 80.5 Å². The zero-order valence-corrected chi connectivity index (χ0v) is 17.1. The lowest BCUT2D eigenvalue weighted by Gasteiger charge is -2.28. The number of sulfone groups is 1. The van der Waals surface area contributed by atoms with Crippen molar-refractivity contribution in [3.8, 4) is 11.3 Å². The molecule has 0 saturated carbocycles. The number of benzene rings is 2. The van der Waals surface area contributed by atoms with Gasteiger partial charge in [-0.05, 0) is 18.1 Å². The molecule has 1 fully saturated rings. The van der Waals surface area contributed by atoms with Gasteiger partial charge in [-0.2, -0.15) is 0 Å². The second kappa shape index (κ2) is 8.00. The first kappa shape index (κ1) is 19.7. The smallest absolute Gasteiger partial charge is 0.276 e. The van der Waals surface area contributed by atoms with Crippen LogP contribution in [0.4, 0.5) is 0 Å². The third-order valence-electron chi connectivity index (χ3n) is 5.00. The molecule has 150 valence electrons. The van der Waals surface area contributed by atoms with Gasteiger partial charge in [-0.25, -0.2) is 8.42 Å². The van der Waals surface area contributed by atoms with E-state index in [-0.39, 0.29) is 29.7 Å². The number of nitrogens with zero attached hydrogens (tertiary/aromatic N) is 2. The van der Waals surface area contributed by atoms with Crippen LogP contribution in [0.15, 0.2) is 65.2 Å². The third-order valence-corrected chi connectivity index (χ3v) is 7.12. The molecule has 1 atom stereocenters. The van der Waals surface area contributed by atoms with Crippen LogP contribution in [0, 0.1) is 0 Å². The van der Waals surface area contributed by atoms with Gasteiger partial charge in [-0.15, -0.1) is 0 Å². The Balaban J connectivity index is 1.64. The molecule has 8 heteroatoms. The Hall–Kier alpha value is -2.64. The summed E-state index contributed by atoms with van der Waals surface area (Å²) in [7, 11) is -3.17. The quantitative estimate of drug-likeness (QED) is 0.614. The van der Waals surface area contributed by atoms with Crippen LogP contribution in [0.3, 0.4) is 0 Å². The summed E-state index contributed by atoms with van der Waals surface area (Å²) in [5.41, 5.74) is 1.69. The Kier molecular flexibility index (Phi) is 5.43. The van der Waals surface area contributed by atoms with Crippen LogP contribution >= 0.6 is 11.6 Å². The molecule has 0 N–H and O–H groups in total. The van der Waals surface area contributed by atoms with Crippen LogP contribution in [-0.2, 0) is 16.4 Å². The highest BCUT2D eigenvalue weighted by atomic mass is 35.5. The van der Waals surface area contributed by atoms with Crippen molar-refractivity contribution in [2.75, 3.05) is 11.5 Å². The molecule has 1 aliphatic heterocycles. The van der Waals surface area contributed by atoms with Crippen molar-refractivity contribution in [2.24, 2.45) is 0 Å². The number of rotatable bonds is 5. The number of hydrogen-bond acceptors (Lipinski definition) is 5. The first-order valence-corrected chi connectivity index (χ1v) is 11.4. The van der Waals surface area contributed by atoms with E-state index in [4.69, 9.17) is 16.1 Å². The molecule has 0 bridgehead atoms. The zero-order valence-electron chi connectivity index (χ0n) is 15.5. The lowest BCUT2D eigenvalue weighted by atomic mass is 10.1. The summed E-state index contributed by atoms with van der Waals surface area (Å²) in [6.07, 6.45) is 0.391. The largest absolute Gasteiger partial charge is 0.355 e. The number of hydrogen-bond donors (Lipinski definition) is 0. The molecule has 6 nitrogen and oxygen atoms in total. The van der Waals surface area contributed by atoms with Crippen molar-refractivity contribution in [3.05, 3.63) is 76.9 Å². The predicted octanol–water partition coefficient (Wildman–Crippen LogP) is 3.82. The molecule has 1 aliphatic rings. The zero-order chi connectivity index (χ0) is 20.4. The summed E-state index contributed by atoms with van der Waals surface area (Å²) in [5.74, 6) is 0.105. The summed E-state index contributed by atoms with van der Waals surface area (Å²) in [6.45, 7) is 0.201. The van der Waals surface area contributed by atoms with Crippen LogP contribution < -0.4 is 0 Å². The lowest BCUT2D eigenvalue weighted by Crippen LogP contribution is -2.40. The molecule has 3 aromatic rings. The summed E-state index contributed by atoms with van der Waals surface area (Å²) in [5, 5.41) is 4.46. The van der Waals surface area contributed by atoms with Gasteiger partial charge < -0.3 is 9.42 Å². The van der Waals surface area contributed by atoms with E-state index in [1.165, 1.54) is 0 Å². The minimum absolute atomic E-state index is 0.0629. The van der Waals surface area contributed by atoms with Gasteiger partial charge in [0.15, 0.2) is 21.3 Å². The fourth-order valence-corrected chi connectivity index (χ4v) is 5.39. The standard InChI is InChI=1S/C21H19ClN2O4S/c22-18-9-5-4-8-16(18)13-24(17-10-11-29(26,27)14-17)21(25)19-12-20(28-23-19)15-6-2-1-3-7-15/h1-9,12,17H,10-11,13-14H2/t17-/m1/s1. The van der Waals surface area contributed by atoms with E-state index in [9.17, 15) is 13.2 Å². The SMILES string of the molecule is O=C(c1cc(-c2ccccc2)on1)N(Cc1ccccc1Cl)[C@@H]1CCS(=O)(=O)C1. The number of halogens is 1. The molecule has 2 heterocycles. The van der Waals surface area contributed by atoms with Gasteiger partial charge in [-0.1, -0.05) is 65.3 Å². The van der Waals surface area contributed by atoms with E-state index in [0.717, 1.165) is 11.1 Å². The van der Waals surface area contributed by atoms with Crippen molar-refractivity contribution in [3.63, 3.8) is 0 Å². The fourth-order valence-electron chi connectivity index (χ4n) is 3.46. The minimum atomic E-state index is -3.17. The van der Waals surface area contributed by atoms with E-state index < -0.39 is 15.9 Å². The molecule has 0 radical (unpaired) electrons. The first-order valence-electron chi connectivity index (χ1n) is 9.20. The van der Waals surface area contributed by atoms with Crippen molar-refractivity contribution < 1.29 is 17.7 Å². The highest BCUT2D eigenvalue weighted by molar-refractivity contribution is 7.91. The van der Waals surface area contributed by atoms with Crippen LogP contribution in [0.2, 0.25) is 5.02 Å². The molecule has 1 saturated heterocycles. The molecular formula is C21H19ClN2O4S.